The fourth-order valence-electron chi connectivity index (χ4n) is 2.39. The third-order valence-electron chi connectivity index (χ3n) is 3.61. The van der Waals surface area contributed by atoms with Crippen LogP contribution in [0.25, 0.3) is 11.4 Å². The lowest BCUT2D eigenvalue weighted by atomic mass is 10.2. The summed E-state index contributed by atoms with van der Waals surface area (Å²) in [4.78, 5) is 0. The van der Waals surface area contributed by atoms with Gasteiger partial charge in [-0.2, -0.15) is 13.2 Å². The molecule has 0 bridgehead atoms. The summed E-state index contributed by atoms with van der Waals surface area (Å²) in [6.45, 7) is -0.00274. The molecule has 0 aliphatic carbocycles. The first-order valence-corrected chi connectivity index (χ1v) is 8.07. The van der Waals surface area contributed by atoms with Gasteiger partial charge in [-0.15, -0.1) is 10.2 Å². The lowest BCUT2D eigenvalue weighted by Crippen LogP contribution is -2.16. The van der Waals surface area contributed by atoms with E-state index in [0.717, 1.165) is 9.04 Å². The van der Waals surface area contributed by atoms with Gasteiger partial charge < -0.3 is 4.74 Å². The van der Waals surface area contributed by atoms with Gasteiger partial charge in [-0.05, 0) is 29.8 Å². The zero-order chi connectivity index (χ0) is 18.0. The van der Waals surface area contributed by atoms with Gasteiger partial charge in [-0.25, -0.2) is 0 Å². The summed E-state index contributed by atoms with van der Waals surface area (Å²) in [5, 5.41) is 7.13. The van der Waals surface area contributed by atoms with Gasteiger partial charge in [0.05, 0.1) is 13.7 Å². The summed E-state index contributed by atoms with van der Waals surface area (Å²) in [7, 11) is 1.53. The third kappa shape index (κ3) is 3.84. The van der Waals surface area contributed by atoms with Gasteiger partial charge in [-0.1, -0.05) is 40.2 Å². The van der Waals surface area contributed by atoms with Gasteiger partial charge in [0.25, 0.3) is 0 Å². The van der Waals surface area contributed by atoms with Crippen LogP contribution in [-0.2, 0) is 12.7 Å². The molecule has 3 rings (SSSR count). The molecule has 1 heterocycles. The van der Waals surface area contributed by atoms with E-state index in [4.69, 9.17) is 4.74 Å². The van der Waals surface area contributed by atoms with Crippen LogP contribution in [0, 0.1) is 0 Å². The van der Waals surface area contributed by atoms with Gasteiger partial charge in [0.15, 0.2) is 5.82 Å². The van der Waals surface area contributed by atoms with Crippen LogP contribution in [-0.4, -0.2) is 21.9 Å². The van der Waals surface area contributed by atoms with Gasteiger partial charge in [0, 0.05) is 10.0 Å². The van der Waals surface area contributed by atoms with Crippen LogP contribution in [0.1, 0.15) is 11.4 Å². The highest BCUT2D eigenvalue weighted by Crippen LogP contribution is 2.32. The molecule has 0 fully saturated rings. The molecule has 1 aromatic heterocycles. The highest BCUT2D eigenvalue weighted by Gasteiger charge is 2.38. The third-order valence-corrected chi connectivity index (χ3v) is 4.14. The Bertz CT molecular complexity index is 858. The standard InChI is InChI=1S/C17H13BrF3N3O/c1-25-14-8-2-11(3-9-14)10-24-15(12-4-6-13(18)7-5-12)22-23-16(24)17(19,20)21/h2-9H,10H2,1H3. The first-order chi connectivity index (χ1) is 11.9. The Morgan fingerprint density at radius 3 is 2.20 bits per heavy atom. The second-order valence-corrected chi connectivity index (χ2v) is 6.20. The predicted molar refractivity (Wildman–Crippen MR) is 90.3 cm³/mol. The van der Waals surface area contributed by atoms with Crippen LogP contribution in [0.2, 0.25) is 0 Å². The molecule has 0 atom stereocenters. The molecule has 0 unspecified atom stereocenters. The maximum atomic E-state index is 13.3. The second-order valence-electron chi connectivity index (χ2n) is 5.29. The van der Waals surface area contributed by atoms with Crippen molar-refractivity contribution in [3.63, 3.8) is 0 Å². The molecule has 0 aliphatic heterocycles. The van der Waals surface area contributed by atoms with E-state index < -0.39 is 12.0 Å². The van der Waals surface area contributed by atoms with E-state index in [1.165, 1.54) is 7.11 Å². The van der Waals surface area contributed by atoms with E-state index >= 15 is 0 Å². The van der Waals surface area contributed by atoms with Crippen LogP contribution in [0.5, 0.6) is 5.75 Å². The number of hydrogen-bond donors (Lipinski definition) is 0. The Balaban J connectivity index is 2.04. The maximum Gasteiger partial charge on any atom is 0.451 e. The summed E-state index contributed by atoms with van der Waals surface area (Å²) in [5.41, 5.74) is 1.24. The van der Waals surface area contributed by atoms with Crippen molar-refractivity contribution in [2.75, 3.05) is 7.11 Å². The van der Waals surface area contributed by atoms with Crippen molar-refractivity contribution in [3.05, 3.63) is 64.4 Å². The number of hydrogen-bond acceptors (Lipinski definition) is 3. The number of alkyl halides is 3. The molecule has 0 radical (unpaired) electrons. The van der Waals surface area contributed by atoms with E-state index in [9.17, 15) is 13.2 Å². The highest BCUT2D eigenvalue weighted by molar-refractivity contribution is 9.10. The summed E-state index contributed by atoms with van der Waals surface area (Å²) < 4.78 is 46.9. The molecule has 0 aliphatic rings. The molecular weight excluding hydrogens is 399 g/mol. The zero-order valence-electron chi connectivity index (χ0n) is 13.1. The van der Waals surface area contributed by atoms with Gasteiger partial charge >= 0.3 is 6.18 Å². The van der Waals surface area contributed by atoms with E-state index in [2.05, 4.69) is 26.1 Å². The molecule has 0 saturated heterocycles. The fourth-order valence-corrected chi connectivity index (χ4v) is 2.65. The lowest BCUT2D eigenvalue weighted by molar-refractivity contribution is -0.147. The van der Waals surface area contributed by atoms with Gasteiger partial charge in [0.1, 0.15) is 5.75 Å². The van der Waals surface area contributed by atoms with Crippen molar-refractivity contribution < 1.29 is 17.9 Å². The summed E-state index contributed by atoms with van der Waals surface area (Å²) in [6, 6.07) is 13.7. The smallest absolute Gasteiger partial charge is 0.451 e. The molecule has 0 spiro atoms. The van der Waals surface area contributed by atoms with E-state index in [1.54, 1.807) is 48.5 Å². The van der Waals surface area contributed by atoms with E-state index in [1.807, 2.05) is 0 Å². The van der Waals surface area contributed by atoms with Crippen molar-refractivity contribution >= 4 is 15.9 Å². The van der Waals surface area contributed by atoms with Crippen LogP contribution < -0.4 is 4.74 Å². The van der Waals surface area contributed by atoms with Crippen LogP contribution in [0.4, 0.5) is 13.2 Å². The minimum absolute atomic E-state index is 0.00274. The topological polar surface area (TPSA) is 39.9 Å². The lowest BCUT2D eigenvalue weighted by Gasteiger charge is -2.13. The molecule has 25 heavy (non-hydrogen) atoms. The number of halogens is 4. The molecule has 4 nitrogen and oxygen atoms in total. The van der Waals surface area contributed by atoms with E-state index in [-0.39, 0.29) is 12.4 Å². The zero-order valence-corrected chi connectivity index (χ0v) is 14.7. The molecular formula is C17H13BrF3N3O. The number of rotatable bonds is 4. The normalized spacial score (nSPS) is 11.6. The first-order valence-electron chi connectivity index (χ1n) is 7.28. The molecule has 0 amide bonds. The van der Waals surface area contributed by atoms with Crippen molar-refractivity contribution in [1.29, 1.82) is 0 Å². The quantitative estimate of drug-likeness (QED) is 0.619. The summed E-state index contributed by atoms with van der Waals surface area (Å²) >= 11 is 3.31. The monoisotopic (exact) mass is 411 g/mol. The van der Waals surface area contributed by atoms with Crippen molar-refractivity contribution in [2.24, 2.45) is 0 Å². The van der Waals surface area contributed by atoms with Gasteiger partial charge in [-0.3, -0.25) is 4.57 Å². The molecule has 8 heteroatoms. The first kappa shape index (κ1) is 17.5. The number of ether oxygens (including phenoxy) is 1. The Labute approximate surface area is 150 Å². The van der Waals surface area contributed by atoms with Crippen molar-refractivity contribution in [1.82, 2.24) is 14.8 Å². The largest absolute Gasteiger partial charge is 0.497 e. The Hall–Kier alpha value is -2.35. The van der Waals surface area contributed by atoms with Crippen LogP contribution in [0.3, 0.4) is 0 Å². The fraction of sp³-hybridized carbons (Fsp3) is 0.176. The van der Waals surface area contributed by atoms with Crippen LogP contribution in [0.15, 0.2) is 53.0 Å². The summed E-state index contributed by atoms with van der Waals surface area (Å²) in [6.07, 6.45) is -4.59. The number of methoxy groups -OCH3 is 1. The minimum Gasteiger partial charge on any atom is -0.497 e. The number of benzene rings is 2. The average Bonchev–Trinajstić information content (AvgIpc) is 3.00. The molecule has 3 aromatic rings. The van der Waals surface area contributed by atoms with E-state index in [0.29, 0.717) is 16.9 Å². The van der Waals surface area contributed by atoms with Crippen LogP contribution >= 0.6 is 15.9 Å². The summed E-state index contributed by atoms with van der Waals surface area (Å²) in [5.74, 6) is -0.228. The second kappa shape index (κ2) is 6.87. The van der Waals surface area contributed by atoms with Gasteiger partial charge in [0.2, 0.25) is 5.82 Å². The predicted octanol–water partition coefficient (Wildman–Crippen LogP) is 4.78. The Morgan fingerprint density at radius 2 is 1.64 bits per heavy atom. The molecule has 2 aromatic carbocycles. The highest BCUT2D eigenvalue weighted by atomic mass is 79.9. The van der Waals surface area contributed by atoms with Crippen molar-refractivity contribution in [2.45, 2.75) is 12.7 Å². The number of nitrogens with zero attached hydrogens (tertiary/aromatic N) is 3. The molecule has 0 saturated carbocycles. The Morgan fingerprint density at radius 1 is 1.00 bits per heavy atom. The average molecular weight is 412 g/mol. The minimum atomic E-state index is -4.59. The van der Waals surface area contributed by atoms with Crippen molar-refractivity contribution in [3.8, 4) is 17.1 Å². The maximum absolute atomic E-state index is 13.3. The molecule has 0 N–H and O–H groups in total. The Kier molecular flexibility index (Phi) is 4.80. The molecule has 130 valence electrons. The SMILES string of the molecule is COc1ccc(Cn2c(-c3ccc(Br)cc3)nnc2C(F)(F)F)cc1. The number of aromatic nitrogens is 3.